The molecule has 2 nitrogen and oxygen atoms in total. The Morgan fingerprint density at radius 1 is 0.852 bits per heavy atom. The van der Waals surface area contributed by atoms with Gasteiger partial charge in [-0.2, -0.15) is 0 Å². The summed E-state index contributed by atoms with van der Waals surface area (Å²) < 4.78 is 0. The van der Waals surface area contributed by atoms with Crippen LogP contribution >= 0.6 is 8.58 Å². The molecule has 3 atom stereocenters. The highest BCUT2D eigenvalue weighted by Gasteiger charge is 2.20. The van der Waals surface area contributed by atoms with Gasteiger partial charge in [0.2, 0.25) is 0 Å². The quantitative estimate of drug-likeness (QED) is 0.553. The maximum Gasteiger partial charge on any atom is 0.119 e. The molecule has 3 heteroatoms. The largest absolute Gasteiger partial charge is 0.508 e. The van der Waals surface area contributed by atoms with Crippen LogP contribution in [0.1, 0.15) is 52.9 Å². The molecule has 3 rings (SSSR count). The van der Waals surface area contributed by atoms with E-state index in [2.05, 4.69) is 45.0 Å². The maximum atomic E-state index is 11.0. The fourth-order valence-electron chi connectivity index (χ4n) is 3.40. The van der Waals surface area contributed by atoms with Gasteiger partial charge < -0.3 is 10.2 Å². The van der Waals surface area contributed by atoms with Crippen molar-refractivity contribution < 1.29 is 10.2 Å². The number of aliphatic hydroxyl groups is 1. The summed E-state index contributed by atoms with van der Waals surface area (Å²) in [6, 6.07) is 21.9. The zero-order valence-electron chi connectivity index (χ0n) is 16.1. The Bertz CT molecular complexity index is 906. The summed E-state index contributed by atoms with van der Waals surface area (Å²) in [5.74, 6) is 0.359. The molecule has 0 aliphatic heterocycles. The molecule has 0 amide bonds. The van der Waals surface area contributed by atoms with Crippen LogP contribution in [0.3, 0.4) is 0 Å². The number of phenolic OH excluding ortho intramolecular Hbond substituents is 1. The Morgan fingerprint density at radius 2 is 1.48 bits per heavy atom. The first-order valence-electron chi connectivity index (χ1n) is 9.39. The van der Waals surface area contributed by atoms with Crippen molar-refractivity contribution >= 4 is 13.9 Å². The standard InChI is InChI=1S/C24H27O2P/c1-4-22(19-14-16(2)10-12-21(19)25)27-23-13-11-17(3)15-20(23)24(26)18-8-6-5-7-9-18/h5-15,22,24-27H,4H2,1-3H3. The van der Waals surface area contributed by atoms with Crippen LogP contribution in [0.2, 0.25) is 0 Å². The molecule has 0 aliphatic carbocycles. The molecule has 0 spiro atoms. The summed E-state index contributed by atoms with van der Waals surface area (Å²) in [4.78, 5) is 0. The third-order valence-electron chi connectivity index (χ3n) is 4.91. The maximum absolute atomic E-state index is 11.0. The van der Waals surface area contributed by atoms with Crippen molar-refractivity contribution in [2.45, 2.75) is 39.0 Å². The van der Waals surface area contributed by atoms with Crippen LogP contribution < -0.4 is 5.30 Å². The summed E-state index contributed by atoms with van der Waals surface area (Å²) in [6.45, 7) is 6.26. The van der Waals surface area contributed by atoms with E-state index in [-0.39, 0.29) is 5.66 Å². The molecule has 0 bridgehead atoms. The highest BCUT2D eigenvalue weighted by atomic mass is 31.1. The van der Waals surface area contributed by atoms with Crippen molar-refractivity contribution in [3.8, 4) is 5.75 Å². The number of aryl methyl sites for hydroxylation is 2. The van der Waals surface area contributed by atoms with Gasteiger partial charge in [0.25, 0.3) is 0 Å². The topological polar surface area (TPSA) is 40.5 Å². The van der Waals surface area contributed by atoms with Crippen molar-refractivity contribution in [1.82, 2.24) is 0 Å². The molecule has 0 fully saturated rings. The summed E-state index contributed by atoms with van der Waals surface area (Å²) >= 11 is 0. The number of aromatic hydroxyl groups is 1. The summed E-state index contributed by atoms with van der Waals surface area (Å²) in [5.41, 5.74) is 5.39. The Morgan fingerprint density at radius 3 is 2.15 bits per heavy atom. The minimum atomic E-state index is -0.641. The van der Waals surface area contributed by atoms with E-state index in [0.717, 1.165) is 39.5 Å². The lowest BCUT2D eigenvalue weighted by molar-refractivity contribution is 0.221. The molecular formula is C24H27O2P. The molecule has 0 heterocycles. The van der Waals surface area contributed by atoms with Gasteiger partial charge >= 0.3 is 0 Å². The fourth-order valence-corrected chi connectivity index (χ4v) is 4.92. The molecule has 2 N–H and O–H groups in total. The zero-order valence-corrected chi connectivity index (χ0v) is 17.1. The van der Waals surface area contributed by atoms with Gasteiger partial charge in [-0.3, -0.25) is 0 Å². The normalized spacial score (nSPS) is 13.8. The van der Waals surface area contributed by atoms with Crippen molar-refractivity contribution in [1.29, 1.82) is 0 Å². The number of rotatable bonds is 6. The first-order chi connectivity index (χ1) is 13.0. The van der Waals surface area contributed by atoms with E-state index < -0.39 is 6.10 Å². The van der Waals surface area contributed by atoms with Crippen molar-refractivity contribution in [2.75, 3.05) is 0 Å². The molecule has 3 unspecified atom stereocenters. The lowest BCUT2D eigenvalue weighted by Gasteiger charge is -2.22. The van der Waals surface area contributed by atoms with Crippen LogP contribution in [0.5, 0.6) is 5.75 Å². The summed E-state index contributed by atoms with van der Waals surface area (Å²) in [7, 11) is 0.479. The lowest BCUT2D eigenvalue weighted by Crippen LogP contribution is -2.13. The van der Waals surface area contributed by atoms with Crippen LogP contribution in [0.15, 0.2) is 66.7 Å². The predicted molar refractivity (Wildman–Crippen MR) is 116 cm³/mol. The second-order valence-electron chi connectivity index (χ2n) is 7.07. The lowest BCUT2D eigenvalue weighted by atomic mass is 10.00. The number of aliphatic hydroxyl groups excluding tert-OH is 1. The van der Waals surface area contributed by atoms with Crippen molar-refractivity contribution in [3.63, 3.8) is 0 Å². The van der Waals surface area contributed by atoms with Crippen LogP contribution in [-0.2, 0) is 0 Å². The van der Waals surface area contributed by atoms with Gasteiger partial charge in [-0.25, -0.2) is 0 Å². The van der Waals surface area contributed by atoms with Gasteiger partial charge in [-0.1, -0.05) is 87.3 Å². The first-order valence-corrected chi connectivity index (χ1v) is 10.5. The van der Waals surface area contributed by atoms with E-state index in [9.17, 15) is 10.2 Å². The van der Waals surface area contributed by atoms with Gasteiger partial charge in [0.05, 0.1) is 0 Å². The Hall–Kier alpha value is -2.15. The molecule has 3 aromatic rings. The van der Waals surface area contributed by atoms with Gasteiger partial charge in [0.15, 0.2) is 0 Å². The highest BCUT2D eigenvalue weighted by Crippen LogP contribution is 2.42. The minimum Gasteiger partial charge on any atom is -0.508 e. The molecule has 3 aromatic carbocycles. The van der Waals surface area contributed by atoms with Crippen LogP contribution in [0, 0.1) is 13.8 Å². The van der Waals surface area contributed by atoms with Gasteiger partial charge in [0.1, 0.15) is 11.9 Å². The van der Waals surface area contributed by atoms with Gasteiger partial charge in [-0.05, 0) is 42.8 Å². The predicted octanol–water partition coefficient (Wildman–Crippen LogP) is 5.55. The van der Waals surface area contributed by atoms with Crippen molar-refractivity contribution in [2.24, 2.45) is 0 Å². The molecule has 140 valence electrons. The van der Waals surface area contributed by atoms with Gasteiger partial charge in [0, 0.05) is 11.2 Å². The first kappa shape index (κ1) is 19.6. The Kier molecular flexibility index (Phi) is 6.31. The summed E-state index contributed by atoms with van der Waals surface area (Å²) in [6.07, 6.45) is 0.293. The van der Waals surface area contributed by atoms with Crippen molar-refractivity contribution in [3.05, 3.63) is 94.5 Å². The highest BCUT2D eigenvalue weighted by molar-refractivity contribution is 7.47. The Balaban J connectivity index is 1.98. The third-order valence-corrected chi connectivity index (χ3v) is 6.75. The second-order valence-corrected chi connectivity index (χ2v) is 8.60. The van der Waals surface area contributed by atoms with E-state index in [1.54, 1.807) is 6.07 Å². The number of hydrogen-bond acceptors (Lipinski definition) is 2. The molecule has 0 aliphatic rings. The van der Waals surface area contributed by atoms with Crippen LogP contribution in [0.4, 0.5) is 0 Å². The average Bonchev–Trinajstić information content (AvgIpc) is 2.69. The van der Waals surface area contributed by atoms with E-state index in [0.29, 0.717) is 14.3 Å². The SMILES string of the molecule is CCC(Pc1ccc(C)cc1C(O)c1ccccc1)c1cc(C)ccc1O. The van der Waals surface area contributed by atoms with E-state index >= 15 is 0 Å². The van der Waals surface area contributed by atoms with E-state index in [1.807, 2.05) is 36.4 Å². The second kappa shape index (κ2) is 8.69. The smallest absolute Gasteiger partial charge is 0.119 e. The number of phenols is 1. The average molecular weight is 378 g/mol. The number of benzene rings is 3. The molecule has 0 saturated carbocycles. The molecule has 0 saturated heterocycles. The summed E-state index contributed by atoms with van der Waals surface area (Å²) in [5, 5.41) is 22.5. The van der Waals surface area contributed by atoms with Gasteiger partial charge in [-0.15, -0.1) is 0 Å². The fraction of sp³-hybridized carbons (Fsp3) is 0.250. The van der Waals surface area contributed by atoms with E-state index in [1.165, 1.54) is 0 Å². The molecule has 27 heavy (non-hydrogen) atoms. The Labute approximate surface area is 163 Å². The zero-order chi connectivity index (χ0) is 19.4. The third kappa shape index (κ3) is 4.58. The minimum absolute atomic E-state index is 0.231. The van der Waals surface area contributed by atoms with E-state index in [4.69, 9.17) is 0 Å². The van der Waals surface area contributed by atoms with Crippen LogP contribution in [0.25, 0.3) is 0 Å². The molecular weight excluding hydrogens is 351 g/mol. The molecule has 0 radical (unpaired) electrons. The number of hydrogen-bond donors (Lipinski definition) is 2. The monoisotopic (exact) mass is 378 g/mol. The molecule has 0 aromatic heterocycles. The van der Waals surface area contributed by atoms with Crippen LogP contribution in [-0.4, -0.2) is 10.2 Å².